The average molecular weight is 422 g/mol. The molecule has 0 saturated heterocycles. The van der Waals surface area contributed by atoms with Gasteiger partial charge in [0, 0.05) is 30.5 Å². The zero-order valence-corrected chi connectivity index (χ0v) is 17.0. The van der Waals surface area contributed by atoms with Crippen LogP contribution in [0.25, 0.3) is 22.2 Å². The third-order valence-electron chi connectivity index (χ3n) is 5.26. The summed E-state index contributed by atoms with van der Waals surface area (Å²) in [6.45, 7) is 0.608. The molecule has 0 fully saturated rings. The minimum Gasteiger partial charge on any atom is -0.384 e. The first-order valence-electron chi connectivity index (χ1n) is 10.0. The third-order valence-corrected chi connectivity index (χ3v) is 5.26. The Hall–Kier alpha value is -3.25. The summed E-state index contributed by atoms with van der Waals surface area (Å²) in [5, 5.41) is 1.25. The van der Waals surface area contributed by atoms with Gasteiger partial charge < -0.3 is 4.74 Å². The van der Waals surface area contributed by atoms with Gasteiger partial charge in [0.1, 0.15) is 5.82 Å². The molecule has 0 bridgehead atoms. The molecule has 158 valence electrons. The molecule has 0 spiro atoms. The third kappa shape index (κ3) is 4.75. The lowest BCUT2D eigenvalue weighted by molar-refractivity contribution is 0.202. The van der Waals surface area contributed by atoms with Gasteiger partial charge in [-0.05, 0) is 59.5 Å². The highest BCUT2D eigenvalue weighted by molar-refractivity contribution is 5.87. The number of hydrogen-bond donors (Lipinski definition) is 0. The molecule has 0 unspecified atom stereocenters. The van der Waals surface area contributed by atoms with Gasteiger partial charge in [0.2, 0.25) is 0 Å². The van der Waals surface area contributed by atoms with E-state index in [9.17, 15) is 8.78 Å². The fourth-order valence-electron chi connectivity index (χ4n) is 3.50. The van der Waals surface area contributed by atoms with Gasteiger partial charge in [-0.3, -0.25) is 0 Å². The van der Waals surface area contributed by atoms with Crippen molar-refractivity contribution in [2.75, 3.05) is 13.7 Å². The summed E-state index contributed by atoms with van der Waals surface area (Å²) in [5.74, 6) is -1.50. The van der Waals surface area contributed by atoms with Crippen molar-refractivity contribution in [2.45, 2.75) is 19.3 Å². The lowest BCUT2D eigenvalue weighted by Crippen LogP contribution is -1.98. The SMILES string of the molecule is COCCc1cnc(-c2ccc3c(F)c(CCc4ccc(F)c(F)c4)ccc3c2)nc1. The molecule has 1 heterocycles. The van der Waals surface area contributed by atoms with E-state index in [1.807, 2.05) is 12.1 Å². The van der Waals surface area contributed by atoms with Crippen molar-refractivity contribution < 1.29 is 17.9 Å². The van der Waals surface area contributed by atoms with Gasteiger partial charge in [0.25, 0.3) is 0 Å². The Balaban J connectivity index is 1.54. The van der Waals surface area contributed by atoms with E-state index < -0.39 is 11.6 Å². The van der Waals surface area contributed by atoms with Crippen LogP contribution in [0.2, 0.25) is 0 Å². The lowest BCUT2D eigenvalue weighted by atomic mass is 9.99. The first kappa shape index (κ1) is 21.0. The zero-order chi connectivity index (χ0) is 21.8. The van der Waals surface area contributed by atoms with Gasteiger partial charge in [0.15, 0.2) is 17.5 Å². The van der Waals surface area contributed by atoms with Crippen LogP contribution in [-0.4, -0.2) is 23.7 Å². The van der Waals surface area contributed by atoms with Crippen LogP contribution in [-0.2, 0) is 24.0 Å². The van der Waals surface area contributed by atoms with Gasteiger partial charge in [-0.2, -0.15) is 0 Å². The molecule has 0 atom stereocenters. The molecule has 3 aromatic carbocycles. The Bertz CT molecular complexity index is 1210. The fraction of sp³-hybridized carbons (Fsp3) is 0.200. The molecular formula is C25H21F3N2O. The first-order chi connectivity index (χ1) is 15.0. The topological polar surface area (TPSA) is 35.0 Å². The van der Waals surface area contributed by atoms with Gasteiger partial charge >= 0.3 is 0 Å². The quantitative estimate of drug-likeness (QED) is 0.384. The maximum absolute atomic E-state index is 15.0. The second-order valence-electron chi connectivity index (χ2n) is 7.38. The van der Waals surface area contributed by atoms with E-state index in [0.29, 0.717) is 41.8 Å². The largest absolute Gasteiger partial charge is 0.384 e. The average Bonchev–Trinajstić information content (AvgIpc) is 2.79. The molecule has 0 amide bonds. The van der Waals surface area contributed by atoms with E-state index in [-0.39, 0.29) is 5.82 Å². The minimum atomic E-state index is -0.891. The Morgan fingerprint density at radius 1 is 0.774 bits per heavy atom. The van der Waals surface area contributed by atoms with Crippen LogP contribution in [0.15, 0.2) is 60.9 Å². The highest BCUT2D eigenvalue weighted by Gasteiger charge is 2.11. The number of benzene rings is 3. The predicted octanol–water partition coefficient (Wildman–Crippen LogP) is 5.69. The highest BCUT2D eigenvalue weighted by Crippen LogP contribution is 2.27. The molecule has 0 aliphatic heterocycles. The first-order valence-corrected chi connectivity index (χ1v) is 10.0. The van der Waals surface area contributed by atoms with Crippen LogP contribution in [0.1, 0.15) is 16.7 Å². The number of rotatable bonds is 7. The second-order valence-corrected chi connectivity index (χ2v) is 7.38. The van der Waals surface area contributed by atoms with Crippen molar-refractivity contribution in [3.8, 4) is 11.4 Å². The molecule has 4 aromatic rings. The number of fused-ring (bicyclic) bond motifs is 1. The van der Waals surface area contributed by atoms with Crippen LogP contribution in [0.3, 0.4) is 0 Å². The molecular weight excluding hydrogens is 401 g/mol. The lowest BCUT2D eigenvalue weighted by Gasteiger charge is -2.09. The predicted molar refractivity (Wildman–Crippen MR) is 114 cm³/mol. The number of methoxy groups -OCH3 is 1. The van der Waals surface area contributed by atoms with Crippen molar-refractivity contribution in [1.82, 2.24) is 9.97 Å². The maximum Gasteiger partial charge on any atom is 0.159 e. The van der Waals surface area contributed by atoms with Gasteiger partial charge in [0.05, 0.1) is 6.61 Å². The molecule has 0 aliphatic carbocycles. The summed E-state index contributed by atoms with van der Waals surface area (Å²) < 4.78 is 46.6. The van der Waals surface area contributed by atoms with Crippen molar-refractivity contribution in [2.24, 2.45) is 0 Å². The molecule has 3 nitrogen and oxygen atoms in total. The number of hydrogen-bond acceptors (Lipinski definition) is 3. The number of aromatic nitrogens is 2. The smallest absolute Gasteiger partial charge is 0.159 e. The summed E-state index contributed by atoms with van der Waals surface area (Å²) in [7, 11) is 1.65. The Labute approximate surface area is 178 Å². The molecule has 4 rings (SSSR count). The summed E-state index contributed by atoms with van der Waals surface area (Å²) in [6, 6.07) is 12.7. The maximum atomic E-state index is 15.0. The number of halogens is 3. The molecule has 0 N–H and O–H groups in total. The Kier molecular flexibility index (Phi) is 6.28. The summed E-state index contributed by atoms with van der Waals surface area (Å²) in [4.78, 5) is 8.81. The van der Waals surface area contributed by atoms with E-state index >= 15 is 4.39 Å². The standard InChI is InChI=1S/C25H21F3N2O/c1-31-11-10-17-14-29-25(30-15-17)20-7-8-21-19(13-20)6-5-18(24(21)28)4-2-16-3-9-22(26)23(27)12-16/h3,5-9,12-15H,2,4,10-11H2,1H3. The number of nitrogens with zero attached hydrogens (tertiary/aromatic N) is 2. The van der Waals surface area contributed by atoms with E-state index in [1.54, 1.807) is 37.7 Å². The van der Waals surface area contributed by atoms with Crippen LogP contribution in [0.5, 0.6) is 0 Å². The van der Waals surface area contributed by atoms with Gasteiger partial charge in [-0.15, -0.1) is 0 Å². The molecule has 0 aliphatic rings. The normalized spacial score (nSPS) is 11.2. The molecule has 1 aromatic heterocycles. The summed E-state index contributed by atoms with van der Waals surface area (Å²) in [6.07, 6.45) is 5.09. The summed E-state index contributed by atoms with van der Waals surface area (Å²) in [5.41, 5.74) is 2.95. The van der Waals surface area contributed by atoms with Crippen molar-refractivity contribution >= 4 is 10.8 Å². The van der Waals surface area contributed by atoms with E-state index in [2.05, 4.69) is 9.97 Å². The van der Waals surface area contributed by atoms with Gasteiger partial charge in [-0.1, -0.05) is 30.3 Å². The van der Waals surface area contributed by atoms with Gasteiger partial charge in [-0.25, -0.2) is 23.1 Å². The van der Waals surface area contributed by atoms with Crippen LogP contribution in [0.4, 0.5) is 13.2 Å². The van der Waals surface area contributed by atoms with Crippen LogP contribution in [0, 0.1) is 17.5 Å². The van der Waals surface area contributed by atoms with Crippen molar-refractivity contribution in [3.05, 3.63) is 95.1 Å². The monoisotopic (exact) mass is 422 g/mol. The molecule has 0 saturated carbocycles. The van der Waals surface area contributed by atoms with Crippen molar-refractivity contribution in [3.63, 3.8) is 0 Å². The Morgan fingerprint density at radius 3 is 2.32 bits per heavy atom. The minimum absolute atomic E-state index is 0.303. The molecule has 0 radical (unpaired) electrons. The molecule has 31 heavy (non-hydrogen) atoms. The second kappa shape index (κ2) is 9.27. The Morgan fingerprint density at radius 2 is 1.58 bits per heavy atom. The number of ether oxygens (including phenoxy) is 1. The number of aryl methyl sites for hydroxylation is 2. The van der Waals surface area contributed by atoms with E-state index in [4.69, 9.17) is 4.74 Å². The van der Waals surface area contributed by atoms with Crippen molar-refractivity contribution in [1.29, 1.82) is 0 Å². The molecule has 6 heteroatoms. The zero-order valence-electron chi connectivity index (χ0n) is 17.0. The van der Waals surface area contributed by atoms with Crippen LogP contribution >= 0.6 is 0 Å². The fourth-order valence-corrected chi connectivity index (χ4v) is 3.50. The van der Waals surface area contributed by atoms with E-state index in [1.165, 1.54) is 6.07 Å². The van der Waals surface area contributed by atoms with E-state index in [0.717, 1.165) is 35.1 Å². The summed E-state index contributed by atoms with van der Waals surface area (Å²) >= 11 is 0. The van der Waals surface area contributed by atoms with Crippen LogP contribution < -0.4 is 0 Å². The highest BCUT2D eigenvalue weighted by atomic mass is 19.2.